The second-order valence-electron chi connectivity index (χ2n) is 18.4. The van der Waals surface area contributed by atoms with E-state index < -0.39 is 29.7 Å². The number of amides is 5. The molecular formula is C49H57N9O6. The van der Waals surface area contributed by atoms with Crippen molar-refractivity contribution in [3.8, 4) is 22.8 Å². The number of piperidine rings is 4. The number of aromatic nitrogens is 2. The van der Waals surface area contributed by atoms with Gasteiger partial charge < -0.3 is 30.5 Å². The molecule has 4 saturated heterocycles. The average molecular weight is 868 g/mol. The molecule has 0 radical (unpaired) electrons. The summed E-state index contributed by atoms with van der Waals surface area (Å²) in [6, 6.07) is 22.6. The van der Waals surface area contributed by atoms with Crippen LogP contribution in [0.1, 0.15) is 101 Å². The van der Waals surface area contributed by atoms with E-state index in [9.17, 15) is 24.0 Å². The molecule has 1 aromatic heterocycles. The number of fused-ring (bicyclic) bond motifs is 2. The maximum Gasteiger partial charge on any atom is 0.262 e. The Morgan fingerprint density at radius 2 is 1.48 bits per heavy atom. The number of nitrogens with one attached hydrogen (secondary N) is 2. The molecule has 7 heterocycles. The Balaban J connectivity index is 0.678. The summed E-state index contributed by atoms with van der Waals surface area (Å²) in [6.45, 7) is 8.12. The van der Waals surface area contributed by atoms with Crippen LogP contribution < -0.4 is 26.0 Å². The lowest BCUT2D eigenvalue weighted by Gasteiger charge is -2.44. The summed E-state index contributed by atoms with van der Waals surface area (Å²) < 4.78 is 8.06. The molecule has 0 spiro atoms. The lowest BCUT2D eigenvalue weighted by atomic mass is 9.85. The zero-order valence-corrected chi connectivity index (χ0v) is 36.3. The summed E-state index contributed by atoms with van der Waals surface area (Å²) in [6.07, 6.45) is 9.16. The number of benzene rings is 3. The molecule has 0 saturated carbocycles. The van der Waals surface area contributed by atoms with E-state index in [2.05, 4.69) is 30.0 Å². The van der Waals surface area contributed by atoms with Crippen molar-refractivity contribution in [2.24, 2.45) is 17.6 Å². The van der Waals surface area contributed by atoms with Gasteiger partial charge >= 0.3 is 0 Å². The predicted octanol–water partition coefficient (Wildman–Crippen LogP) is 5.68. The van der Waals surface area contributed by atoms with Crippen LogP contribution in [0.3, 0.4) is 0 Å². The van der Waals surface area contributed by atoms with E-state index in [1.807, 2.05) is 60.7 Å². The third-order valence-electron chi connectivity index (χ3n) is 14.8. The number of likely N-dealkylation sites (tertiary alicyclic amines) is 2. The molecule has 5 amide bonds. The molecule has 15 heteroatoms. The number of carbonyl (C=O) groups excluding carboxylic acids is 5. The zero-order chi connectivity index (χ0) is 43.9. The molecule has 10 rings (SSSR count). The van der Waals surface area contributed by atoms with Crippen LogP contribution in [0.4, 0.5) is 11.5 Å². The van der Waals surface area contributed by atoms with Gasteiger partial charge in [0.1, 0.15) is 34.6 Å². The Labute approximate surface area is 373 Å². The highest BCUT2D eigenvalue weighted by Crippen LogP contribution is 2.41. The first-order chi connectivity index (χ1) is 31.2. The summed E-state index contributed by atoms with van der Waals surface area (Å²) in [7, 11) is 0. The van der Waals surface area contributed by atoms with Gasteiger partial charge in [-0.2, -0.15) is 5.10 Å². The standard InChI is InChI=1S/C49H57N9O6/c50-45(60)43-44(33-6-9-37(10-7-33)64-36-4-2-1-3-5-36)53-58-40(14-22-51-46(43)58)32-18-28-55(29-19-32)34-20-24-54(25-21-34)23-15-31-16-26-56(27-17-31)35-8-11-38-39(30-35)49(63)57(48(38)62)41-12-13-42(59)52-47(41)61/h1-11,30-32,34,40-41,51H,12-29H2,(H2,50,60)(H,52,59,61)/t40-,41?/m0/s1. The minimum atomic E-state index is -0.959. The fourth-order valence-electron chi connectivity index (χ4n) is 11.2. The fourth-order valence-corrected chi connectivity index (χ4v) is 11.2. The van der Waals surface area contributed by atoms with Gasteiger partial charge in [-0.15, -0.1) is 0 Å². The molecule has 4 N–H and O–H groups in total. The number of nitrogens with zero attached hydrogens (tertiary/aromatic N) is 6. The van der Waals surface area contributed by atoms with Crippen molar-refractivity contribution in [3.63, 3.8) is 0 Å². The Bertz CT molecular complexity index is 2410. The monoisotopic (exact) mass is 867 g/mol. The lowest BCUT2D eigenvalue weighted by Crippen LogP contribution is -2.54. The maximum absolute atomic E-state index is 13.4. The molecule has 3 aromatic carbocycles. The van der Waals surface area contributed by atoms with E-state index in [0.717, 1.165) is 112 Å². The Morgan fingerprint density at radius 3 is 2.20 bits per heavy atom. The first-order valence-electron chi connectivity index (χ1n) is 23.2. The zero-order valence-electron chi connectivity index (χ0n) is 36.3. The van der Waals surface area contributed by atoms with E-state index in [1.54, 1.807) is 12.1 Å². The number of hydrogen-bond donors (Lipinski definition) is 3. The Kier molecular flexibility index (Phi) is 11.7. The molecule has 15 nitrogen and oxygen atoms in total. The highest BCUT2D eigenvalue weighted by Gasteiger charge is 2.45. The largest absolute Gasteiger partial charge is 0.457 e. The van der Waals surface area contributed by atoms with Gasteiger partial charge in [0.15, 0.2) is 0 Å². The van der Waals surface area contributed by atoms with Crippen molar-refractivity contribution < 1.29 is 28.7 Å². The average Bonchev–Trinajstić information content (AvgIpc) is 3.84. The molecule has 6 aliphatic rings. The maximum atomic E-state index is 13.4. The van der Waals surface area contributed by atoms with Gasteiger partial charge in [0, 0.05) is 43.3 Å². The SMILES string of the molecule is NC(=O)c1c(-c2ccc(Oc3ccccc3)cc2)nn2c1NCC[C@H]2C1CCN(C2CCN(CCC3CCN(c4ccc5c(c4)C(=O)N(C4CCC(=O)NC4=O)C5=O)CC3)CC2)CC1. The molecule has 64 heavy (non-hydrogen) atoms. The van der Waals surface area contributed by atoms with Crippen molar-refractivity contribution in [2.45, 2.75) is 82.3 Å². The van der Waals surface area contributed by atoms with Crippen molar-refractivity contribution in [3.05, 3.63) is 89.5 Å². The summed E-state index contributed by atoms with van der Waals surface area (Å²) in [5.74, 6) is 0.946. The van der Waals surface area contributed by atoms with Gasteiger partial charge in [-0.3, -0.25) is 34.2 Å². The van der Waals surface area contributed by atoms with Gasteiger partial charge in [-0.1, -0.05) is 18.2 Å². The number of rotatable bonds is 11. The smallest absolute Gasteiger partial charge is 0.262 e. The van der Waals surface area contributed by atoms with E-state index in [1.165, 1.54) is 19.3 Å². The second-order valence-corrected chi connectivity index (χ2v) is 18.4. The van der Waals surface area contributed by atoms with Gasteiger partial charge in [-0.25, -0.2) is 4.68 Å². The Morgan fingerprint density at radius 1 is 0.766 bits per heavy atom. The first kappa shape index (κ1) is 41.9. The van der Waals surface area contributed by atoms with Crippen molar-refractivity contribution in [2.75, 3.05) is 62.6 Å². The highest BCUT2D eigenvalue weighted by molar-refractivity contribution is 6.23. The van der Waals surface area contributed by atoms with Crippen LogP contribution in [-0.2, 0) is 9.59 Å². The van der Waals surface area contributed by atoms with Crippen LogP contribution in [0.5, 0.6) is 11.5 Å². The van der Waals surface area contributed by atoms with Gasteiger partial charge in [0.05, 0.1) is 17.2 Å². The summed E-state index contributed by atoms with van der Waals surface area (Å²) in [5.41, 5.74) is 9.48. The molecule has 0 bridgehead atoms. The predicted molar refractivity (Wildman–Crippen MR) is 241 cm³/mol. The molecular weight excluding hydrogens is 811 g/mol. The normalized spacial score (nSPS) is 22.9. The number of hydrogen-bond acceptors (Lipinski definition) is 11. The van der Waals surface area contributed by atoms with Gasteiger partial charge in [0.25, 0.3) is 17.7 Å². The van der Waals surface area contributed by atoms with Crippen LogP contribution in [0.25, 0.3) is 11.3 Å². The van der Waals surface area contributed by atoms with E-state index >= 15 is 0 Å². The van der Waals surface area contributed by atoms with Crippen LogP contribution in [0.15, 0.2) is 72.8 Å². The molecule has 334 valence electrons. The molecule has 4 fully saturated rings. The number of ether oxygens (including phenoxy) is 1. The fraction of sp³-hybridized carbons (Fsp3) is 0.469. The first-order valence-corrected chi connectivity index (χ1v) is 23.2. The number of para-hydroxylation sites is 1. The second kappa shape index (κ2) is 17.8. The summed E-state index contributed by atoms with van der Waals surface area (Å²) in [4.78, 5) is 72.3. The van der Waals surface area contributed by atoms with E-state index in [4.69, 9.17) is 15.6 Å². The molecule has 1 unspecified atom stereocenters. The lowest BCUT2D eigenvalue weighted by molar-refractivity contribution is -0.136. The van der Waals surface area contributed by atoms with Crippen LogP contribution >= 0.6 is 0 Å². The number of imide groups is 2. The number of primary amides is 1. The number of anilines is 2. The van der Waals surface area contributed by atoms with Crippen LogP contribution in [0, 0.1) is 11.8 Å². The van der Waals surface area contributed by atoms with Crippen LogP contribution in [0.2, 0.25) is 0 Å². The third-order valence-corrected chi connectivity index (χ3v) is 14.8. The van der Waals surface area contributed by atoms with Crippen molar-refractivity contribution in [1.29, 1.82) is 0 Å². The molecule has 0 aliphatic carbocycles. The quantitative estimate of drug-likeness (QED) is 0.158. The van der Waals surface area contributed by atoms with Crippen LogP contribution in [-0.4, -0.2) is 118 Å². The highest BCUT2D eigenvalue weighted by atomic mass is 16.5. The third kappa shape index (κ3) is 8.26. The van der Waals surface area contributed by atoms with Crippen molar-refractivity contribution in [1.82, 2.24) is 29.8 Å². The summed E-state index contributed by atoms with van der Waals surface area (Å²) >= 11 is 0. The summed E-state index contributed by atoms with van der Waals surface area (Å²) in [5, 5.41) is 10.8. The Hall–Kier alpha value is -6.06. The van der Waals surface area contributed by atoms with E-state index in [-0.39, 0.29) is 24.8 Å². The van der Waals surface area contributed by atoms with Crippen molar-refractivity contribution >= 4 is 41.0 Å². The topological polar surface area (TPSA) is 175 Å². The van der Waals surface area contributed by atoms with E-state index in [0.29, 0.717) is 46.0 Å². The number of nitrogens with two attached hydrogens (primary N) is 1. The minimum absolute atomic E-state index is 0.103. The molecule has 2 atom stereocenters. The van der Waals surface area contributed by atoms with Gasteiger partial charge in [0.2, 0.25) is 11.8 Å². The van der Waals surface area contributed by atoms with Gasteiger partial charge in [-0.05, 0) is 157 Å². The molecule has 6 aliphatic heterocycles. The molecule has 4 aromatic rings. The number of carbonyl (C=O) groups is 5. The minimum Gasteiger partial charge on any atom is -0.457 e.